The molecule has 1 aromatic heterocycles. The second-order valence-corrected chi connectivity index (χ2v) is 5.63. The van der Waals surface area contributed by atoms with Gasteiger partial charge in [-0.05, 0) is 19.9 Å². The molecule has 1 aromatic carbocycles. The van der Waals surface area contributed by atoms with E-state index in [2.05, 4.69) is 15.5 Å². The Morgan fingerprint density at radius 1 is 1.50 bits per heavy atom. The maximum absolute atomic E-state index is 11.6. The first kappa shape index (κ1) is 16.0. The molecule has 0 spiro atoms. The number of thioether (sulfide) groups is 1. The van der Waals surface area contributed by atoms with Gasteiger partial charge in [0.15, 0.2) is 0 Å². The Morgan fingerprint density at radius 2 is 2.27 bits per heavy atom. The van der Waals surface area contributed by atoms with E-state index in [9.17, 15) is 14.9 Å². The van der Waals surface area contributed by atoms with E-state index < -0.39 is 4.92 Å². The first-order valence-corrected chi connectivity index (χ1v) is 7.42. The summed E-state index contributed by atoms with van der Waals surface area (Å²) in [6.07, 6.45) is 0. The largest absolute Gasteiger partial charge is 0.411 e. The van der Waals surface area contributed by atoms with Crippen LogP contribution in [-0.2, 0) is 4.79 Å². The third kappa shape index (κ3) is 3.82. The second-order valence-electron chi connectivity index (χ2n) is 4.34. The van der Waals surface area contributed by atoms with Crippen LogP contribution in [0, 0.1) is 10.1 Å². The molecular formula is C13H14N4O4S. The lowest BCUT2D eigenvalue weighted by molar-refractivity contribution is -0.384. The van der Waals surface area contributed by atoms with Crippen LogP contribution >= 0.6 is 11.8 Å². The highest BCUT2D eigenvalue weighted by atomic mass is 32.2. The van der Waals surface area contributed by atoms with Crippen LogP contribution in [0.3, 0.4) is 0 Å². The summed E-state index contributed by atoms with van der Waals surface area (Å²) < 4.78 is 5.44. The topological polar surface area (TPSA) is 111 Å². The zero-order valence-electron chi connectivity index (χ0n) is 12.0. The number of nitrogens with one attached hydrogen (secondary N) is 1. The molecule has 0 unspecified atom stereocenters. The van der Waals surface area contributed by atoms with Crippen LogP contribution in [0.5, 0.6) is 0 Å². The monoisotopic (exact) mass is 322 g/mol. The van der Waals surface area contributed by atoms with Crippen molar-refractivity contribution in [3.05, 3.63) is 34.4 Å². The molecule has 9 heteroatoms. The molecule has 0 saturated carbocycles. The number of nitro benzene ring substituents is 1. The molecule has 2 rings (SSSR count). The molecule has 0 bridgehead atoms. The summed E-state index contributed by atoms with van der Waals surface area (Å²) in [6.45, 7) is 4.11. The number of carbonyl (C=O) groups excluding carboxylic acids is 1. The van der Waals surface area contributed by atoms with E-state index in [4.69, 9.17) is 4.42 Å². The molecule has 0 fully saturated rings. The molecule has 22 heavy (non-hydrogen) atoms. The zero-order valence-corrected chi connectivity index (χ0v) is 12.8. The molecule has 0 saturated heterocycles. The molecule has 1 N–H and O–H groups in total. The number of hydrogen-bond donors (Lipinski definition) is 1. The zero-order chi connectivity index (χ0) is 16.1. The van der Waals surface area contributed by atoms with Gasteiger partial charge in [-0.1, -0.05) is 17.8 Å². The van der Waals surface area contributed by atoms with Gasteiger partial charge in [-0.2, -0.15) is 0 Å². The van der Waals surface area contributed by atoms with Crippen molar-refractivity contribution in [1.29, 1.82) is 0 Å². The van der Waals surface area contributed by atoms with E-state index in [0.29, 0.717) is 12.1 Å². The van der Waals surface area contributed by atoms with Gasteiger partial charge in [-0.3, -0.25) is 14.9 Å². The standard InChI is InChI=1S/C13H14N4O4S/c1-3-14-11(18)8(2)22-13-16-15-12(21-13)9-5-4-6-10(7-9)17(19)20/h4-8H,3H2,1-2H3,(H,14,18)/t8-/m0/s1. The fraction of sp³-hybridized carbons (Fsp3) is 0.308. The molecule has 0 aliphatic rings. The van der Waals surface area contributed by atoms with E-state index in [1.165, 1.54) is 12.1 Å². The highest BCUT2D eigenvalue weighted by molar-refractivity contribution is 8.00. The van der Waals surface area contributed by atoms with Crippen LogP contribution < -0.4 is 5.32 Å². The molecule has 116 valence electrons. The first-order chi connectivity index (χ1) is 10.5. The van der Waals surface area contributed by atoms with E-state index in [1.807, 2.05) is 6.92 Å². The van der Waals surface area contributed by atoms with Crippen LogP contribution in [-0.4, -0.2) is 32.8 Å². The SMILES string of the molecule is CCNC(=O)[C@H](C)Sc1nnc(-c2cccc([N+](=O)[O-])c2)o1. The number of carbonyl (C=O) groups is 1. The van der Waals surface area contributed by atoms with Gasteiger partial charge in [0.2, 0.25) is 11.8 Å². The Kier molecular flexibility index (Phi) is 5.10. The normalized spacial score (nSPS) is 11.9. The minimum absolute atomic E-state index is 0.0550. The van der Waals surface area contributed by atoms with Crippen molar-refractivity contribution in [2.45, 2.75) is 24.3 Å². The average Bonchev–Trinajstić information content (AvgIpc) is 2.96. The van der Waals surface area contributed by atoms with Gasteiger partial charge in [-0.15, -0.1) is 10.2 Å². The van der Waals surface area contributed by atoms with Crippen molar-refractivity contribution in [2.24, 2.45) is 0 Å². The minimum Gasteiger partial charge on any atom is -0.411 e. The van der Waals surface area contributed by atoms with E-state index >= 15 is 0 Å². The number of benzene rings is 1. The van der Waals surface area contributed by atoms with Crippen molar-refractivity contribution in [2.75, 3.05) is 6.54 Å². The van der Waals surface area contributed by atoms with E-state index in [1.54, 1.807) is 19.1 Å². The number of amides is 1. The smallest absolute Gasteiger partial charge is 0.277 e. The van der Waals surface area contributed by atoms with Gasteiger partial charge < -0.3 is 9.73 Å². The summed E-state index contributed by atoms with van der Waals surface area (Å²) in [5.74, 6) is 0.0527. The average molecular weight is 322 g/mol. The van der Waals surface area contributed by atoms with Gasteiger partial charge in [-0.25, -0.2) is 0 Å². The molecule has 1 atom stereocenters. The van der Waals surface area contributed by atoms with Crippen LogP contribution in [0.2, 0.25) is 0 Å². The Hall–Kier alpha value is -2.42. The van der Waals surface area contributed by atoms with Crippen molar-refractivity contribution < 1.29 is 14.1 Å². The van der Waals surface area contributed by atoms with Crippen molar-refractivity contribution >= 4 is 23.4 Å². The van der Waals surface area contributed by atoms with E-state index in [0.717, 1.165) is 11.8 Å². The lowest BCUT2D eigenvalue weighted by Crippen LogP contribution is -2.30. The third-order valence-corrected chi connectivity index (χ3v) is 3.64. The number of aromatic nitrogens is 2. The molecule has 8 nitrogen and oxygen atoms in total. The highest BCUT2D eigenvalue weighted by Crippen LogP contribution is 2.27. The number of hydrogen-bond acceptors (Lipinski definition) is 7. The number of non-ortho nitro benzene ring substituents is 1. The number of rotatable bonds is 6. The fourth-order valence-corrected chi connectivity index (χ4v) is 2.36. The summed E-state index contributed by atoms with van der Waals surface area (Å²) in [6, 6.07) is 5.92. The molecule has 0 aliphatic carbocycles. The van der Waals surface area contributed by atoms with Crippen molar-refractivity contribution in [3.8, 4) is 11.5 Å². The Morgan fingerprint density at radius 3 is 2.95 bits per heavy atom. The minimum atomic E-state index is -0.493. The van der Waals surface area contributed by atoms with Crippen molar-refractivity contribution in [1.82, 2.24) is 15.5 Å². The van der Waals surface area contributed by atoms with Gasteiger partial charge in [0.05, 0.1) is 10.2 Å². The van der Waals surface area contributed by atoms with Crippen LogP contribution in [0.4, 0.5) is 5.69 Å². The second kappa shape index (κ2) is 7.03. The number of nitrogens with zero attached hydrogens (tertiary/aromatic N) is 3. The number of nitro groups is 1. The highest BCUT2D eigenvalue weighted by Gasteiger charge is 2.18. The Balaban J connectivity index is 2.13. The van der Waals surface area contributed by atoms with Gasteiger partial charge in [0, 0.05) is 24.2 Å². The fourth-order valence-electron chi connectivity index (χ4n) is 1.65. The van der Waals surface area contributed by atoms with Gasteiger partial charge in [0.1, 0.15) is 0 Å². The summed E-state index contributed by atoms with van der Waals surface area (Å²) >= 11 is 1.13. The van der Waals surface area contributed by atoms with Crippen LogP contribution in [0.25, 0.3) is 11.5 Å². The lowest BCUT2D eigenvalue weighted by atomic mass is 10.2. The Bertz CT molecular complexity index is 688. The van der Waals surface area contributed by atoms with Gasteiger partial charge >= 0.3 is 0 Å². The maximum atomic E-state index is 11.6. The Labute approximate surface area is 130 Å². The lowest BCUT2D eigenvalue weighted by Gasteiger charge is -2.07. The molecule has 0 aliphatic heterocycles. The van der Waals surface area contributed by atoms with Crippen LogP contribution in [0.15, 0.2) is 33.9 Å². The first-order valence-electron chi connectivity index (χ1n) is 6.54. The molecular weight excluding hydrogens is 308 g/mol. The van der Waals surface area contributed by atoms with Crippen molar-refractivity contribution in [3.63, 3.8) is 0 Å². The molecule has 2 aromatic rings. The summed E-state index contributed by atoms with van der Waals surface area (Å²) in [4.78, 5) is 21.9. The molecule has 1 heterocycles. The third-order valence-electron chi connectivity index (χ3n) is 2.71. The molecule has 0 radical (unpaired) electrons. The summed E-state index contributed by atoms with van der Waals surface area (Å²) in [5.41, 5.74) is 0.403. The quantitative estimate of drug-likeness (QED) is 0.493. The van der Waals surface area contributed by atoms with E-state index in [-0.39, 0.29) is 28.0 Å². The summed E-state index contributed by atoms with van der Waals surface area (Å²) in [7, 11) is 0. The maximum Gasteiger partial charge on any atom is 0.277 e. The predicted molar refractivity (Wildman–Crippen MR) is 80.4 cm³/mol. The molecule has 1 amide bonds. The van der Waals surface area contributed by atoms with Gasteiger partial charge in [0.25, 0.3) is 10.9 Å². The van der Waals surface area contributed by atoms with Crippen LogP contribution in [0.1, 0.15) is 13.8 Å². The predicted octanol–water partition coefficient (Wildman–Crippen LogP) is 2.26. The summed E-state index contributed by atoms with van der Waals surface area (Å²) in [5, 5.41) is 21.0.